The maximum absolute atomic E-state index is 4.50. The van der Waals surface area contributed by atoms with Gasteiger partial charge in [-0.05, 0) is 19.3 Å². The van der Waals surface area contributed by atoms with E-state index in [2.05, 4.69) is 53.7 Å². The smallest absolute Gasteiger partial charge is 0.134 e. The predicted molar refractivity (Wildman–Crippen MR) is 99.3 cm³/mol. The maximum Gasteiger partial charge on any atom is 0.134 e. The summed E-state index contributed by atoms with van der Waals surface area (Å²) in [7, 11) is 0. The Bertz CT molecular complexity index is 706. The molecule has 2 aliphatic heterocycles. The molecule has 0 N–H and O–H groups in total. The fraction of sp³-hybridized carbons (Fsp3) is 0.556. The molecule has 2 aromatic heterocycles. The average molecular weight is 339 g/mol. The zero-order chi connectivity index (χ0) is 17.1. The summed E-state index contributed by atoms with van der Waals surface area (Å²) in [5.74, 6) is 3.13. The van der Waals surface area contributed by atoms with Gasteiger partial charge in [0.2, 0.25) is 0 Å². The molecule has 0 bridgehead atoms. The van der Waals surface area contributed by atoms with Crippen LogP contribution in [0.3, 0.4) is 0 Å². The van der Waals surface area contributed by atoms with Crippen LogP contribution in [0.15, 0.2) is 24.8 Å². The van der Waals surface area contributed by atoms with Crippen LogP contribution in [0.4, 0.5) is 17.5 Å². The predicted octanol–water partition coefficient (Wildman–Crippen LogP) is 1.76. The molecule has 2 aliphatic rings. The molecule has 0 spiro atoms. The van der Waals surface area contributed by atoms with Crippen molar-refractivity contribution in [2.24, 2.45) is 0 Å². The minimum Gasteiger partial charge on any atom is -0.356 e. The highest BCUT2D eigenvalue weighted by Gasteiger charge is 2.21. The molecule has 0 aliphatic carbocycles. The molecule has 0 saturated carbocycles. The van der Waals surface area contributed by atoms with E-state index < -0.39 is 0 Å². The first-order valence-electron chi connectivity index (χ1n) is 9.21. The lowest BCUT2D eigenvalue weighted by molar-refractivity contribution is 0.639. The molecule has 7 nitrogen and oxygen atoms in total. The Morgan fingerprint density at radius 3 is 1.72 bits per heavy atom. The highest BCUT2D eigenvalue weighted by Crippen LogP contribution is 2.23. The molecule has 0 aromatic carbocycles. The van der Waals surface area contributed by atoms with Crippen LogP contribution in [-0.2, 0) is 6.42 Å². The van der Waals surface area contributed by atoms with Crippen LogP contribution in [0.1, 0.15) is 25.5 Å². The monoisotopic (exact) mass is 339 g/mol. The molecule has 0 radical (unpaired) electrons. The van der Waals surface area contributed by atoms with Crippen molar-refractivity contribution in [2.45, 2.75) is 26.2 Å². The van der Waals surface area contributed by atoms with Gasteiger partial charge in [0.05, 0.1) is 0 Å². The van der Waals surface area contributed by atoms with Gasteiger partial charge >= 0.3 is 0 Å². The Morgan fingerprint density at radius 2 is 1.16 bits per heavy atom. The quantitative estimate of drug-likeness (QED) is 0.841. The topological polar surface area (TPSA) is 61.3 Å². The molecule has 2 saturated heterocycles. The van der Waals surface area contributed by atoms with Crippen molar-refractivity contribution >= 4 is 17.5 Å². The van der Waals surface area contributed by atoms with Crippen LogP contribution in [-0.4, -0.2) is 59.2 Å². The van der Waals surface area contributed by atoms with Crippen LogP contribution in [0.2, 0.25) is 0 Å². The van der Waals surface area contributed by atoms with Gasteiger partial charge in [0.1, 0.15) is 30.1 Å². The van der Waals surface area contributed by atoms with Crippen molar-refractivity contribution in [3.8, 4) is 0 Å². The number of piperazine rings is 1. The lowest BCUT2D eigenvalue weighted by Gasteiger charge is -2.36. The third-order valence-corrected chi connectivity index (χ3v) is 5.07. The summed E-state index contributed by atoms with van der Waals surface area (Å²) in [6.45, 7) is 8.13. The standard InChI is InChI=1S/C18H25N7/c1-2-15-11-16(20-13-19-15)24-7-9-25(10-8-24)18-12-17(21-14-22-18)23-5-3-4-6-23/h11-14H,2-10H2,1H3. The molecule has 132 valence electrons. The van der Waals surface area contributed by atoms with Crippen molar-refractivity contribution in [2.75, 3.05) is 54.0 Å². The lowest BCUT2D eigenvalue weighted by Crippen LogP contribution is -2.47. The third kappa shape index (κ3) is 3.50. The van der Waals surface area contributed by atoms with Crippen molar-refractivity contribution in [1.29, 1.82) is 0 Å². The molecule has 0 amide bonds. The van der Waals surface area contributed by atoms with Gasteiger partial charge in [0.25, 0.3) is 0 Å². The van der Waals surface area contributed by atoms with E-state index >= 15 is 0 Å². The second-order valence-electron chi connectivity index (χ2n) is 6.62. The van der Waals surface area contributed by atoms with Gasteiger partial charge in [-0.2, -0.15) is 0 Å². The van der Waals surface area contributed by atoms with E-state index in [1.54, 1.807) is 12.7 Å². The number of anilines is 3. The minimum atomic E-state index is 0.940. The van der Waals surface area contributed by atoms with Crippen molar-refractivity contribution in [1.82, 2.24) is 19.9 Å². The van der Waals surface area contributed by atoms with Gasteiger partial charge < -0.3 is 14.7 Å². The second kappa shape index (κ2) is 7.21. The van der Waals surface area contributed by atoms with Gasteiger partial charge in [0, 0.05) is 57.1 Å². The van der Waals surface area contributed by atoms with Crippen LogP contribution in [0.25, 0.3) is 0 Å². The van der Waals surface area contributed by atoms with E-state index in [1.807, 2.05) is 0 Å². The Kier molecular flexibility index (Phi) is 4.63. The van der Waals surface area contributed by atoms with Crippen LogP contribution in [0.5, 0.6) is 0 Å². The van der Waals surface area contributed by atoms with Crippen LogP contribution < -0.4 is 14.7 Å². The molecule has 0 unspecified atom stereocenters. The van der Waals surface area contributed by atoms with Crippen molar-refractivity contribution in [3.63, 3.8) is 0 Å². The van der Waals surface area contributed by atoms with Crippen molar-refractivity contribution < 1.29 is 0 Å². The highest BCUT2D eigenvalue weighted by molar-refractivity contribution is 5.52. The summed E-state index contributed by atoms with van der Waals surface area (Å²) in [6, 6.07) is 4.24. The van der Waals surface area contributed by atoms with E-state index in [-0.39, 0.29) is 0 Å². The van der Waals surface area contributed by atoms with Gasteiger partial charge in [-0.1, -0.05) is 6.92 Å². The van der Waals surface area contributed by atoms with Gasteiger partial charge in [-0.25, -0.2) is 19.9 Å². The summed E-state index contributed by atoms with van der Waals surface area (Å²) < 4.78 is 0. The normalized spacial score (nSPS) is 18.0. The zero-order valence-corrected chi connectivity index (χ0v) is 14.8. The summed E-state index contributed by atoms with van der Waals surface area (Å²) in [5.41, 5.74) is 1.10. The third-order valence-electron chi connectivity index (χ3n) is 5.07. The maximum atomic E-state index is 4.50. The fourth-order valence-electron chi connectivity index (χ4n) is 3.55. The molecular formula is C18H25N7. The number of rotatable bonds is 4. The molecule has 25 heavy (non-hydrogen) atoms. The lowest BCUT2D eigenvalue weighted by atomic mass is 10.2. The SMILES string of the molecule is CCc1cc(N2CCN(c3cc(N4CCCC4)ncn3)CC2)ncn1. The minimum absolute atomic E-state index is 0.940. The molecule has 7 heteroatoms. The number of hydrogen-bond donors (Lipinski definition) is 0. The number of aromatic nitrogens is 4. The average Bonchev–Trinajstić information content (AvgIpc) is 3.23. The molecule has 0 atom stereocenters. The molecule has 2 fully saturated rings. The number of aryl methyl sites for hydroxylation is 1. The van der Waals surface area contributed by atoms with Gasteiger partial charge in [-0.3, -0.25) is 0 Å². The largest absolute Gasteiger partial charge is 0.356 e. The molecule has 4 rings (SSSR count). The Balaban J connectivity index is 1.42. The zero-order valence-electron chi connectivity index (χ0n) is 14.8. The molecule has 2 aromatic rings. The molecule has 4 heterocycles. The van der Waals surface area contributed by atoms with E-state index in [4.69, 9.17) is 0 Å². The fourth-order valence-corrected chi connectivity index (χ4v) is 3.55. The summed E-state index contributed by atoms with van der Waals surface area (Å²) >= 11 is 0. The van der Waals surface area contributed by atoms with Gasteiger partial charge in [-0.15, -0.1) is 0 Å². The first-order chi connectivity index (χ1) is 12.3. The van der Waals surface area contributed by atoms with E-state index in [1.165, 1.54) is 12.8 Å². The molecular weight excluding hydrogens is 314 g/mol. The Hall–Kier alpha value is -2.44. The Morgan fingerprint density at radius 1 is 0.680 bits per heavy atom. The van der Waals surface area contributed by atoms with Crippen molar-refractivity contribution in [3.05, 3.63) is 30.5 Å². The summed E-state index contributed by atoms with van der Waals surface area (Å²) in [6.07, 6.45) is 6.84. The first-order valence-corrected chi connectivity index (χ1v) is 9.21. The van der Waals surface area contributed by atoms with E-state index in [9.17, 15) is 0 Å². The number of hydrogen-bond acceptors (Lipinski definition) is 7. The van der Waals surface area contributed by atoms with E-state index in [0.717, 1.165) is 68.8 Å². The Labute approximate surface area is 148 Å². The second-order valence-corrected chi connectivity index (χ2v) is 6.62. The van der Waals surface area contributed by atoms with E-state index in [0.29, 0.717) is 0 Å². The van der Waals surface area contributed by atoms with Gasteiger partial charge in [0.15, 0.2) is 0 Å². The van der Waals surface area contributed by atoms with Crippen LogP contribution >= 0.6 is 0 Å². The number of nitrogens with zero attached hydrogens (tertiary/aromatic N) is 7. The highest BCUT2D eigenvalue weighted by atomic mass is 15.3. The first kappa shape index (κ1) is 16.1. The van der Waals surface area contributed by atoms with Crippen LogP contribution in [0, 0.1) is 0 Å². The summed E-state index contributed by atoms with van der Waals surface area (Å²) in [4.78, 5) is 24.7. The summed E-state index contributed by atoms with van der Waals surface area (Å²) in [5, 5.41) is 0.